The average molecular weight is 250 g/mol. The van der Waals surface area contributed by atoms with E-state index in [-0.39, 0.29) is 5.63 Å². The number of fused-ring (bicyclic) bond motifs is 4. The van der Waals surface area contributed by atoms with Crippen LogP contribution in [-0.2, 0) is 6.42 Å². The molecule has 1 aliphatic rings. The lowest BCUT2D eigenvalue weighted by atomic mass is 10.0. The maximum atomic E-state index is 12.0. The number of hydrogen-bond acceptors (Lipinski definition) is 3. The molecule has 2 heterocycles. The van der Waals surface area contributed by atoms with Crippen LogP contribution >= 0.6 is 0 Å². The highest BCUT2D eigenvalue weighted by molar-refractivity contribution is 5.85. The quantitative estimate of drug-likeness (QED) is 0.448. The third kappa shape index (κ3) is 1.48. The topological polar surface area (TPSA) is 39.4 Å². The van der Waals surface area contributed by atoms with Gasteiger partial charge in [-0.2, -0.15) is 0 Å². The first kappa shape index (κ1) is 10.4. The van der Waals surface area contributed by atoms with E-state index in [2.05, 4.69) is 0 Å². The predicted octanol–water partition coefficient (Wildman–Crippen LogP) is 3.49. The molecule has 0 unspecified atom stereocenters. The third-order valence-electron chi connectivity index (χ3n) is 3.41. The van der Waals surface area contributed by atoms with Gasteiger partial charge >= 0.3 is 5.63 Å². The zero-order chi connectivity index (χ0) is 12.8. The van der Waals surface area contributed by atoms with Crippen LogP contribution in [0.1, 0.15) is 11.1 Å². The van der Waals surface area contributed by atoms with E-state index in [0.29, 0.717) is 23.3 Å². The molecule has 0 aliphatic carbocycles. The van der Waals surface area contributed by atoms with Gasteiger partial charge in [0.1, 0.15) is 17.1 Å². The summed E-state index contributed by atoms with van der Waals surface area (Å²) >= 11 is 0. The van der Waals surface area contributed by atoms with E-state index in [4.69, 9.17) is 9.15 Å². The van der Waals surface area contributed by atoms with Crippen LogP contribution in [0.3, 0.4) is 0 Å². The van der Waals surface area contributed by atoms with Crippen molar-refractivity contribution in [3.8, 4) is 11.5 Å². The van der Waals surface area contributed by atoms with Gasteiger partial charge in [0.25, 0.3) is 0 Å². The van der Waals surface area contributed by atoms with Gasteiger partial charge in [-0.25, -0.2) is 4.79 Å². The summed E-state index contributed by atoms with van der Waals surface area (Å²) in [5.41, 5.74) is 1.85. The van der Waals surface area contributed by atoms with Crippen molar-refractivity contribution in [2.45, 2.75) is 6.42 Å². The van der Waals surface area contributed by atoms with Crippen molar-refractivity contribution in [1.82, 2.24) is 0 Å². The molecule has 92 valence electrons. The Morgan fingerprint density at radius 1 is 0.947 bits per heavy atom. The molecule has 0 N–H and O–H groups in total. The van der Waals surface area contributed by atoms with Gasteiger partial charge in [0.05, 0.1) is 10.9 Å². The van der Waals surface area contributed by atoms with Gasteiger partial charge < -0.3 is 9.15 Å². The minimum Gasteiger partial charge on any atom is -0.456 e. The largest absolute Gasteiger partial charge is 0.456 e. The molecule has 3 aromatic rings. The molecule has 0 radical (unpaired) electrons. The van der Waals surface area contributed by atoms with Crippen molar-refractivity contribution in [2.24, 2.45) is 0 Å². The van der Waals surface area contributed by atoms with Crippen LogP contribution in [0.15, 0.2) is 57.7 Å². The Hall–Kier alpha value is -2.55. The molecule has 0 saturated carbocycles. The van der Waals surface area contributed by atoms with E-state index in [1.54, 1.807) is 6.07 Å². The zero-order valence-electron chi connectivity index (χ0n) is 10.1. The number of ether oxygens (including phenoxy) is 1. The minimum absolute atomic E-state index is 0.316. The summed E-state index contributed by atoms with van der Waals surface area (Å²) in [4.78, 5) is 12.0. The Morgan fingerprint density at radius 3 is 2.68 bits per heavy atom. The summed E-state index contributed by atoms with van der Waals surface area (Å²) in [5.74, 6) is 1.44. The lowest BCUT2D eigenvalue weighted by Gasteiger charge is -2.20. The lowest BCUT2D eigenvalue weighted by Crippen LogP contribution is -2.14. The van der Waals surface area contributed by atoms with Crippen LogP contribution in [0, 0.1) is 0 Å². The molecule has 0 bridgehead atoms. The number of rotatable bonds is 0. The van der Waals surface area contributed by atoms with E-state index in [1.165, 1.54) is 0 Å². The first-order valence-electron chi connectivity index (χ1n) is 6.13. The van der Waals surface area contributed by atoms with Crippen molar-refractivity contribution in [3.63, 3.8) is 0 Å². The molecule has 4 rings (SSSR count). The van der Waals surface area contributed by atoms with E-state index < -0.39 is 0 Å². The van der Waals surface area contributed by atoms with E-state index in [0.717, 1.165) is 16.7 Å². The fraction of sp³-hybridized carbons (Fsp3) is 0.0625. The maximum Gasteiger partial charge on any atom is 0.343 e. The fourth-order valence-corrected chi connectivity index (χ4v) is 2.48. The summed E-state index contributed by atoms with van der Waals surface area (Å²) in [6.45, 7) is 0. The molecule has 0 atom stereocenters. The van der Waals surface area contributed by atoms with Crippen molar-refractivity contribution in [2.75, 3.05) is 0 Å². The maximum absolute atomic E-state index is 12.0. The van der Waals surface area contributed by atoms with Crippen LogP contribution < -0.4 is 10.4 Å². The van der Waals surface area contributed by atoms with Gasteiger partial charge in [-0.3, -0.25) is 0 Å². The SMILES string of the molecule is O=c1oc2ccccc2c2c1Cc1ccccc1O2. The molecule has 0 amide bonds. The fourth-order valence-electron chi connectivity index (χ4n) is 2.48. The van der Waals surface area contributed by atoms with Gasteiger partial charge in [0.2, 0.25) is 0 Å². The van der Waals surface area contributed by atoms with Crippen molar-refractivity contribution in [3.05, 3.63) is 70.1 Å². The molecule has 2 aromatic carbocycles. The second kappa shape index (κ2) is 3.72. The molecule has 1 aromatic heterocycles. The van der Waals surface area contributed by atoms with Crippen LogP contribution in [0.25, 0.3) is 11.0 Å². The van der Waals surface area contributed by atoms with Gasteiger partial charge in [-0.05, 0) is 23.8 Å². The van der Waals surface area contributed by atoms with Crippen LogP contribution in [0.5, 0.6) is 11.5 Å². The molecule has 1 aliphatic heterocycles. The summed E-state index contributed by atoms with van der Waals surface area (Å²) in [6, 6.07) is 15.2. The Kier molecular flexibility index (Phi) is 2.03. The first-order valence-corrected chi connectivity index (χ1v) is 6.13. The lowest BCUT2D eigenvalue weighted by molar-refractivity contribution is 0.448. The monoisotopic (exact) mass is 250 g/mol. The van der Waals surface area contributed by atoms with Crippen LogP contribution in [0.2, 0.25) is 0 Å². The molecule has 19 heavy (non-hydrogen) atoms. The normalized spacial score (nSPS) is 12.6. The van der Waals surface area contributed by atoms with Gasteiger partial charge in [0, 0.05) is 6.42 Å². The predicted molar refractivity (Wildman–Crippen MR) is 71.8 cm³/mol. The second-order valence-electron chi connectivity index (χ2n) is 4.58. The molecule has 0 spiro atoms. The standard InChI is InChI=1S/C16H10O3/c17-16-12-9-10-5-1-3-7-13(10)18-15(12)11-6-2-4-8-14(11)19-16/h1-8H,9H2. The Balaban J connectivity index is 2.05. The Morgan fingerprint density at radius 2 is 1.74 bits per heavy atom. The van der Waals surface area contributed by atoms with Gasteiger partial charge in [-0.1, -0.05) is 30.3 Å². The highest BCUT2D eigenvalue weighted by Gasteiger charge is 2.23. The van der Waals surface area contributed by atoms with Crippen LogP contribution in [-0.4, -0.2) is 0 Å². The summed E-state index contributed by atoms with van der Waals surface area (Å²) < 4.78 is 11.3. The molecule has 0 fully saturated rings. The summed E-state index contributed by atoms with van der Waals surface area (Å²) in [6.07, 6.45) is 0.554. The Bertz CT molecular complexity index is 846. The number of para-hydroxylation sites is 2. The highest BCUT2D eigenvalue weighted by Crippen LogP contribution is 2.38. The van der Waals surface area contributed by atoms with E-state index in [1.807, 2.05) is 42.5 Å². The zero-order valence-corrected chi connectivity index (χ0v) is 10.1. The van der Waals surface area contributed by atoms with Crippen molar-refractivity contribution >= 4 is 11.0 Å². The van der Waals surface area contributed by atoms with Crippen molar-refractivity contribution < 1.29 is 9.15 Å². The highest BCUT2D eigenvalue weighted by atomic mass is 16.5. The van der Waals surface area contributed by atoms with Gasteiger partial charge in [0.15, 0.2) is 0 Å². The van der Waals surface area contributed by atoms with Crippen LogP contribution in [0.4, 0.5) is 0 Å². The van der Waals surface area contributed by atoms with Crippen molar-refractivity contribution in [1.29, 1.82) is 0 Å². The smallest absolute Gasteiger partial charge is 0.343 e. The molecular weight excluding hydrogens is 240 g/mol. The minimum atomic E-state index is -0.316. The average Bonchev–Trinajstić information content (AvgIpc) is 2.46. The summed E-state index contributed by atoms with van der Waals surface area (Å²) in [7, 11) is 0. The molecule has 3 nitrogen and oxygen atoms in total. The summed E-state index contributed by atoms with van der Waals surface area (Å²) in [5, 5.41) is 0.839. The molecule has 0 saturated heterocycles. The Labute approximate surface area is 109 Å². The molecular formula is C16H10O3. The molecule has 3 heteroatoms. The van der Waals surface area contributed by atoms with E-state index >= 15 is 0 Å². The second-order valence-corrected chi connectivity index (χ2v) is 4.58. The first-order chi connectivity index (χ1) is 9.33. The number of benzene rings is 2. The number of hydrogen-bond donors (Lipinski definition) is 0. The third-order valence-corrected chi connectivity index (χ3v) is 3.41. The van der Waals surface area contributed by atoms with E-state index in [9.17, 15) is 4.79 Å². The van der Waals surface area contributed by atoms with Gasteiger partial charge in [-0.15, -0.1) is 0 Å².